The number of hydrogen-bond donors (Lipinski definition) is 0. The first kappa shape index (κ1) is 10.3. The second kappa shape index (κ2) is 3.97. The van der Waals surface area contributed by atoms with Crippen molar-refractivity contribution in [2.24, 2.45) is 5.41 Å². The van der Waals surface area contributed by atoms with Crippen LogP contribution in [0.2, 0.25) is 0 Å². The fourth-order valence-electron chi connectivity index (χ4n) is 1.06. The maximum Gasteiger partial charge on any atom is 0.0443 e. The Morgan fingerprint density at radius 2 is 1.69 bits per heavy atom. The van der Waals surface area contributed by atoms with Gasteiger partial charge in [0.05, 0.1) is 0 Å². The predicted octanol–water partition coefficient (Wildman–Crippen LogP) is 4.31. The van der Waals surface area contributed by atoms with Gasteiger partial charge in [0.15, 0.2) is 0 Å². The van der Waals surface area contributed by atoms with E-state index < -0.39 is 0 Å². The molecule has 0 unspecified atom stereocenters. The zero-order valence-corrected chi connectivity index (χ0v) is 9.10. The van der Waals surface area contributed by atoms with Crippen molar-refractivity contribution in [3.8, 4) is 0 Å². The number of hydrogen-bond acceptors (Lipinski definition) is 0. The van der Waals surface area contributed by atoms with Gasteiger partial charge in [0.1, 0.15) is 0 Å². The Labute approximate surface area is 85.2 Å². The minimum Gasteiger partial charge on any atom is -0.0840 e. The summed E-state index contributed by atoms with van der Waals surface area (Å²) in [6.45, 7) is 6.41. The average Bonchev–Trinajstić information content (AvgIpc) is 2.03. The molecule has 0 atom stereocenters. The predicted molar refractivity (Wildman–Crippen MR) is 59.7 cm³/mol. The summed E-state index contributed by atoms with van der Waals surface area (Å²) in [6.07, 6.45) is 2.07. The van der Waals surface area contributed by atoms with Crippen LogP contribution in [0.4, 0.5) is 0 Å². The van der Waals surface area contributed by atoms with E-state index in [-0.39, 0.29) is 5.41 Å². The lowest BCUT2D eigenvalue weighted by Gasteiger charge is -2.13. The van der Waals surface area contributed by atoms with Gasteiger partial charge in [-0.05, 0) is 11.0 Å². The SMILES string of the molecule is CC(C)(C)/C=C(\Cl)c1ccccc1. The normalized spacial score (nSPS) is 13.1. The summed E-state index contributed by atoms with van der Waals surface area (Å²) in [5, 5.41) is 0.827. The molecule has 0 spiro atoms. The van der Waals surface area contributed by atoms with Crippen LogP contribution in [0.15, 0.2) is 36.4 Å². The highest BCUT2D eigenvalue weighted by molar-refractivity contribution is 6.48. The van der Waals surface area contributed by atoms with Gasteiger partial charge in [-0.15, -0.1) is 0 Å². The van der Waals surface area contributed by atoms with Crippen LogP contribution in [-0.2, 0) is 0 Å². The molecule has 0 bridgehead atoms. The third kappa shape index (κ3) is 3.65. The molecule has 70 valence electrons. The van der Waals surface area contributed by atoms with E-state index in [1.54, 1.807) is 0 Å². The number of allylic oxidation sites excluding steroid dienone is 1. The van der Waals surface area contributed by atoms with Gasteiger partial charge in [0.2, 0.25) is 0 Å². The van der Waals surface area contributed by atoms with E-state index in [1.165, 1.54) is 0 Å². The molecule has 0 aliphatic heterocycles. The molecule has 0 amide bonds. The molecule has 0 aliphatic rings. The molecule has 1 heteroatoms. The first-order valence-corrected chi connectivity index (χ1v) is 4.80. The molecule has 13 heavy (non-hydrogen) atoms. The van der Waals surface area contributed by atoms with Crippen molar-refractivity contribution in [2.75, 3.05) is 0 Å². The standard InChI is InChI=1S/C12H15Cl/c1-12(2,3)9-11(13)10-7-5-4-6-8-10/h4-9H,1-3H3/b11-9-. The highest BCUT2D eigenvalue weighted by Gasteiger charge is 2.07. The van der Waals surface area contributed by atoms with Crippen molar-refractivity contribution in [1.82, 2.24) is 0 Å². The summed E-state index contributed by atoms with van der Waals surface area (Å²) in [5.41, 5.74) is 1.21. The van der Waals surface area contributed by atoms with Crippen LogP contribution >= 0.6 is 11.6 Å². The van der Waals surface area contributed by atoms with E-state index in [0.29, 0.717) is 0 Å². The van der Waals surface area contributed by atoms with E-state index in [4.69, 9.17) is 11.6 Å². The molecule has 1 aromatic carbocycles. The van der Waals surface area contributed by atoms with Crippen LogP contribution in [0, 0.1) is 5.41 Å². The van der Waals surface area contributed by atoms with Crippen molar-refractivity contribution in [3.63, 3.8) is 0 Å². The summed E-state index contributed by atoms with van der Waals surface area (Å²) in [7, 11) is 0. The van der Waals surface area contributed by atoms with E-state index in [2.05, 4.69) is 26.8 Å². The molecule has 0 heterocycles. The fraction of sp³-hybridized carbons (Fsp3) is 0.333. The molecule has 0 aromatic heterocycles. The summed E-state index contributed by atoms with van der Waals surface area (Å²) in [4.78, 5) is 0. The maximum atomic E-state index is 6.15. The van der Waals surface area contributed by atoms with Gasteiger partial charge in [0.25, 0.3) is 0 Å². The van der Waals surface area contributed by atoms with E-state index >= 15 is 0 Å². The lowest BCUT2D eigenvalue weighted by molar-refractivity contribution is 0.546. The molecule has 0 N–H and O–H groups in total. The Morgan fingerprint density at radius 3 is 2.15 bits per heavy atom. The summed E-state index contributed by atoms with van der Waals surface area (Å²) in [6, 6.07) is 10.0. The lowest BCUT2D eigenvalue weighted by atomic mass is 9.95. The van der Waals surface area contributed by atoms with Gasteiger partial charge in [-0.1, -0.05) is 68.8 Å². The smallest absolute Gasteiger partial charge is 0.0443 e. The Balaban J connectivity index is 2.92. The molecule has 0 radical (unpaired) electrons. The second-order valence-electron chi connectivity index (χ2n) is 4.22. The Kier molecular flexibility index (Phi) is 3.16. The van der Waals surface area contributed by atoms with Crippen LogP contribution in [0.5, 0.6) is 0 Å². The molecule has 0 saturated heterocycles. The van der Waals surface area contributed by atoms with Gasteiger partial charge in [0, 0.05) is 5.03 Å². The molecular formula is C12H15Cl. The zero-order valence-electron chi connectivity index (χ0n) is 8.34. The molecule has 0 fully saturated rings. The summed E-state index contributed by atoms with van der Waals surface area (Å²) in [5.74, 6) is 0. The maximum absolute atomic E-state index is 6.15. The van der Waals surface area contributed by atoms with Crippen LogP contribution in [0.25, 0.3) is 5.03 Å². The third-order valence-corrected chi connectivity index (χ3v) is 1.94. The molecule has 0 aliphatic carbocycles. The fourth-order valence-corrected chi connectivity index (χ4v) is 1.51. The third-order valence-electron chi connectivity index (χ3n) is 1.61. The first-order chi connectivity index (χ1) is 5.99. The minimum atomic E-state index is 0.132. The Morgan fingerprint density at radius 1 is 1.15 bits per heavy atom. The van der Waals surface area contributed by atoms with Gasteiger partial charge in [-0.2, -0.15) is 0 Å². The van der Waals surface area contributed by atoms with Crippen molar-refractivity contribution in [1.29, 1.82) is 0 Å². The Hall–Kier alpha value is -0.750. The minimum absolute atomic E-state index is 0.132. The zero-order chi connectivity index (χ0) is 9.90. The molecule has 0 saturated carbocycles. The highest BCUT2D eigenvalue weighted by atomic mass is 35.5. The summed E-state index contributed by atoms with van der Waals surface area (Å²) < 4.78 is 0. The second-order valence-corrected chi connectivity index (χ2v) is 4.63. The molecular weight excluding hydrogens is 180 g/mol. The van der Waals surface area contributed by atoms with Crippen molar-refractivity contribution >= 4 is 16.6 Å². The molecule has 0 nitrogen and oxygen atoms in total. The van der Waals surface area contributed by atoms with Crippen LogP contribution < -0.4 is 0 Å². The van der Waals surface area contributed by atoms with Crippen molar-refractivity contribution in [3.05, 3.63) is 42.0 Å². The van der Waals surface area contributed by atoms with Crippen LogP contribution in [0.1, 0.15) is 26.3 Å². The Bertz CT molecular complexity index is 291. The van der Waals surface area contributed by atoms with Crippen molar-refractivity contribution in [2.45, 2.75) is 20.8 Å². The van der Waals surface area contributed by atoms with Crippen molar-refractivity contribution < 1.29 is 0 Å². The highest BCUT2D eigenvalue weighted by Crippen LogP contribution is 2.26. The number of rotatable bonds is 1. The van der Waals surface area contributed by atoms with E-state index in [1.807, 2.05) is 30.3 Å². The largest absolute Gasteiger partial charge is 0.0840 e. The quantitative estimate of drug-likeness (QED) is 0.625. The number of benzene rings is 1. The lowest BCUT2D eigenvalue weighted by Crippen LogP contribution is -1.99. The topological polar surface area (TPSA) is 0 Å². The monoisotopic (exact) mass is 194 g/mol. The molecule has 1 aromatic rings. The number of halogens is 1. The van der Waals surface area contributed by atoms with Gasteiger partial charge in [-0.3, -0.25) is 0 Å². The summed E-state index contributed by atoms with van der Waals surface area (Å²) >= 11 is 6.15. The van der Waals surface area contributed by atoms with Gasteiger partial charge >= 0.3 is 0 Å². The first-order valence-electron chi connectivity index (χ1n) is 4.43. The van der Waals surface area contributed by atoms with E-state index in [9.17, 15) is 0 Å². The van der Waals surface area contributed by atoms with Gasteiger partial charge in [-0.25, -0.2) is 0 Å². The van der Waals surface area contributed by atoms with Crippen LogP contribution in [-0.4, -0.2) is 0 Å². The van der Waals surface area contributed by atoms with Gasteiger partial charge < -0.3 is 0 Å². The molecule has 1 rings (SSSR count). The average molecular weight is 195 g/mol. The van der Waals surface area contributed by atoms with E-state index in [0.717, 1.165) is 10.6 Å². The van der Waals surface area contributed by atoms with Crippen LogP contribution in [0.3, 0.4) is 0 Å².